The highest BCUT2D eigenvalue weighted by atomic mass is 32.2. The van der Waals surface area contributed by atoms with Gasteiger partial charge in [0.15, 0.2) is 21.3 Å². The highest BCUT2D eigenvalue weighted by molar-refractivity contribution is 7.91. The number of sulfone groups is 1. The SMILES string of the molecule is CCCNC(=O)NC[C@@H](c1cccs1)S(=O)(=O)c1ccc2c(c1)OCCO2. The fourth-order valence-corrected chi connectivity index (χ4v) is 5.49. The highest BCUT2D eigenvalue weighted by Crippen LogP contribution is 2.37. The van der Waals surface area contributed by atoms with Gasteiger partial charge >= 0.3 is 6.03 Å². The van der Waals surface area contributed by atoms with Gasteiger partial charge in [-0.2, -0.15) is 0 Å². The van der Waals surface area contributed by atoms with Crippen molar-refractivity contribution in [3.63, 3.8) is 0 Å². The quantitative estimate of drug-likeness (QED) is 0.732. The molecule has 146 valence electrons. The van der Waals surface area contributed by atoms with Gasteiger partial charge in [0, 0.05) is 24.0 Å². The molecule has 0 unspecified atom stereocenters. The molecule has 0 saturated heterocycles. The van der Waals surface area contributed by atoms with Crippen molar-refractivity contribution in [3.05, 3.63) is 40.6 Å². The molecule has 1 aliphatic rings. The lowest BCUT2D eigenvalue weighted by molar-refractivity contribution is 0.171. The van der Waals surface area contributed by atoms with Crippen LogP contribution < -0.4 is 20.1 Å². The molecule has 1 atom stereocenters. The molecule has 0 spiro atoms. The molecule has 7 nitrogen and oxygen atoms in total. The Balaban J connectivity index is 1.85. The van der Waals surface area contributed by atoms with E-state index in [9.17, 15) is 13.2 Å². The van der Waals surface area contributed by atoms with E-state index in [-0.39, 0.29) is 17.5 Å². The zero-order valence-corrected chi connectivity index (χ0v) is 16.6. The molecule has 0 radical (unpaired) electrons. The first-order valence-corrected chi connectivity index (χ1v) is 11.1. The van der Waals surface area contributed by atoms with Gasteiger partial charge in [-0.05, 0) is 30.0 Å². The van der Waals surface area contributed by atoms with Crippen LogP contribution in [-0.2, 0) is 9.84 Å². The summed E-state index contributed by atoms with van der Waals surface area (Å²) in [5.74, 6) is 0.950. The zero-order valence-electron chi connectivity index (χ0n) is 14.9. The summed E-state index contributed by atoms with van der Waals surface area (Å²) in [6, 6.07) is 7.78. The normalized spacial score (nSPS) is 14.4. The van der Waals surface area contributed by atoms with Crippen LogP contribution >= 0.6 is 11.3 Å². The van der Waals surface area contributed by atoms with Crippen molar-refractivity contribution in [2.75, 3.05) is 26.3 Å². The van der Waals surface area contributed by atoms with Gasteiger partial charge in [0.2, 0.25) is 0 Å². The summed E-state index contributed by atoms with van der Waals surface area (Å²) in [5.41, 5.74) is 0. The van der Waals surface area contributed by atoms with Gasteiger partial charge in [-0.25, -0.2) is 13.2 Å². The monoisotopic (exact) mass is 410 g/mol. The lowest BCUT2D eigenvalue weighted by atomic mass is 10.3. The molecule has 0 saturated carbocycles. The summed E-state index contributed by atoms with van der Waals surface area (Å²) in [5, 5.41) is 6.29. The van der Waals surface area contributed by atoms with E-state index in [1.54, 1.807) is 18.2 Å². The maximum absolute atomic E-state index is 13.3. The minimum Gasteiger partial charge on any atom is -0.486 e. The number of hydrogen-bond donors (Lipinski definition) is 2. The van der Waals surface area contributed by atoms with Crippen LogP contribution in [0, 0.1) is 0 Å². The highest BCUT2D eigenvalue weighted by Gasteiger charge is 2.31. The van der Waals surface area contributed by atoms with Crippen molar-refractivity contribution in [3.8, 4) is 11.5 Å². The Kier molecular flexibility index (Phi) is 6.22. The molecular formula is C18H22N2O5S2. The van der Waals surface area contributed by atoms with Crippen molar-refractivity contribution in [1.82, 2.24) is 10.6 Å². The average Bonchev–Trinajstić information content (AvgIpc) is 3.20. The molecule has 2 aromatic rings. The third-order valence-corrected chi connectivity index (χ3v) is 7.28. The molecule has 3 rings (SSSR count). The van der Waals surface area contributed by atoms with E-state index in [1.807, 2.05) is 12.3 Å². The molecule has 2 amide bonds. The van der Waals surface area contributed by atoms with Crippen LogP contribution in [0.3, 0.4) is 0 Å². The number of fused-ring (bicyclic) bond motifs is 1. The molecule has 2 N–H and O–H groups in total. The third kappa shape index (κ3) is 4.54. The molecule has 2 heterocycles. The second-order valence-electron chi connectivity index (χ2n) is 5.99. The first-order valence-electron chi connectivity index (χ1n) is 8.71. The third-order valence-electron chi connectivity index (χ3n) is 4.06. The van der Waals surface area contributed by atoms with Gasteiger partial charge in [-0.3, -0.25) is 0 Å². The number of nitrogens with one attached hydrogen (secondary N) is 2. The molecule has 1 aromatic carbocycles. The Morgan fingerprint density at radius 2 is 1.96 bits per heavy atom. The summed E-state index contributed by atoms with van der Waals surface area (Å²) >= 11 is 1.34. The van der Waals surface area contributed by atoms with Crippen molar-refractivity contribution in [2.24, 2.45) is 0 Å². The van der Waals surface area contributed by atoms with Crippen LogP contribution in [0.1, 0.15) is 23.5 Å². The van der Waals surface area contributed by atoms with Gasteiger partial charge in [-0.1, -0.05) is 13.0 Å². The van der Waals surface area contributed by atoms with E-state index in [1.165, 1.54) is 23.5 Å². The number of carbonyl (C=O) groups excluding carboxylic acids is 1. The lowest BCUT2D eigenvalue weighted by Crippen LogP contribution is -2.39. The lowest BCUT2D eigenvalue weighted by Gasteiger charge is -2.21. The van der Waals surface area contributed by atoms with Crippen molar-refractivity contribution >= 4 is 27.2 Å². The van der Waals surface area contributed by atoms with Gasteiger partial charge in [0.25, 0.3) is 0 Å². The Labute approximate surface area is 162 Å². The van der Waals surface area contributed by atoms with E-state index < -0.39 is 15.1 Å². The second kappa shape index (κ2) is 8.62. The first-order chi connectivity index (χ1) is 13.0. The van der Waals surface area contributed by atoms with Crippen molar-refractivity contribution in [1.29, 1.82) is 0 Å². The molecule has 0 bridgehead atoms. The molecular weight excluding hydrogens is 388 g/mol. The smallest absolute Gasteiger partial charge is 0.314 e. The van der Waals surface area contributed by atoms with Gasteiger partial charge in [0.1, 0.15) is 18.5 Å². The Bertz CT molecular complexity index is 881. The molecule has 9 heteroatoms. The van der Waals surface area contributed by atoms with E-state index in [0.717, 1.165) is 6.42 Å². The van der Waals surface area contributed by atoms with Gasteiger partial charge < -0.3 is 20.1 Å². The Morgan fingerprint density at radius 1 is 1.19 bits per heavy atom. The van der Waals surface area contributed by atoms with E-state index >= 15 is 0 Å². The largest absolute Gasteiger partial charge is 0.486 e. The summed E-state index contributed by atoms with van der Waals surface area (Å²) < 4.78 is 37.5. The topological polar surface area (TPSA) is 93.7 Å². The number of thiophene rings is 1. The average molecular weight is 411 g/mol. The Morgan fingerprint density at radius 3 is 2.67 bits per heavy atom. The Hall–Kier alpha value is -2.26. The fraction of sp³-hybridized carbons (Fsp3) is 0.389. The fourth-order valence-electron chi connectivity index (χ4n) is 2.69. The second-order valence-corrected chi connectivity index (χ2v) is 9.10. The molecule has 0 aliphatic carbocycles. The van der Waals surface area contributed by atoms with Crippen LogP contribution in [0.25, 0.3) is 0 Å². The number of benzene rings is 1. The minimum absolute atomic E-state index is 0.0210. The number of rotatable bonds is 7. The maximum Gasteiger partial charge on any atom is 0.314 e. The summed E-state index contributed by atoms with van der Waals surface area (Å²) in [4.78, 5) is 12.7. The van der Waals surface area contributed by atoms with Crippen LogP contribution in [0.15, 0.2) is 40.6 Å². The van der Waals surface area contributed by atoms with Crippen molar-refractivity contribution < 1.29 is 22.7 Å². The predicted octanol–water partition coefficient (Wildman–Crippen LogP) is 2.74. The van der Waals surface area contributed by atoms with E-state index in [2.05, 4.69) is 10.6 Å². The summed E-state index contributed by atoms with van der Waals surface area (Å²) in [6.45, 7) is 3.27. The maximum atomic E-state index is 13.3. The standard InChI is InChI=1S/C18H22N2O5S2/c1-2-7-19-18(21)20-12-17(16-4-3-10-26-16)27(22,23)13-5-6-14-15(11-13)25-9-8-24-14/h3-6,10-11,17H,2,7-9,12H2,1H3,(H2,19,20,21)/t17-/m0/s1. The van der Waals surface area contributed by atoms with Crippen LogP contribution in [0.2, 0.25) is 0 Å². The molecule has 1 aliphatic heterocycles. The summed E-state index contributed by atoms with van der Waals surface area (Å²) in [7, 11) is -3.74. The number of ether oxygens (including phenoxy) is 2. The molecule has 27 heavy (non-hydrogen) atoms. The number of urea groups is 1. The number of carbonyl (C=O) groups is 1. The molecule has 1 aromatic heterocycles. The summed E-state index contributed by atoms with van der Waals surface area (Å²) in [6.07, 6.45) is 0.803. The number of amides is 2. The van der Waals surface area contributed by atoms with Crippen LogP contribution in [0.5, 0.6) is 11.5 Å². The molecule has 0 fully saturated rings. The van der Waals surface area contributed by atoms with Crippen LogP contribution in [-0.4, -0.2) is 40.8 Å². The zero-order chi connectivity index (χ0) is 19.3. The van der Waals surface area contributed by atoms with Gasteiger partial charge in [0.05, 0.1) is 4.90 Å². The minimum atomic E-state index is -3.74. The number of hydrogen-bond acceptors (Lipinski definition) is 6. The van der Waals surface area contributed by atoms with Gasteiger partial charge in [-0.15, -0.1) is 11.3 Å². The first kappa shape index (κ1) is 19.5. The predicted molar refractivity (Wildman–Crippen MR) is 103 cm³/mol. The van der Waals surface area contributed by atoms with E-state index in [4.69, 9.17) is 9.47 Å². The van der Waals surface area contributed by atoms with Crippen molar-refractivity contribution in [2.45, 2.75) is 23.5 Å². The van der Waals surface area contributed by atoms with E-state index in [0.29, 0.717) is 36.1 Å². The van der Waals surface area contributed by atoms with Crippen LogP contribution in [0.4, 0.5) is 4.79 Å².